The molecule has 1 saturated carbocycles. The van der Waals surface area contributed by atoms with Crippen molar-refractivity contribution in [3.8, 4) is 5.88 Å². The van der Waals surface area contributed by atoms with Gasteiger partial charge < -0.3 is 19.1 Å². The van der Waals surface area contributed by atoms with Crippen LogP contribution in [0.15, 0.2) is 16.7 Å². The van der Waals surface area contributed by atoms with Gasteiger partial charge in [-0.1, -0.05) is 5.16 Å². The lowest BCUT2D eigenvalue weighted by molar-refractivity contribution is 0.0735. The maximum atomic E-state index is 12.6. The summed E-state index contributed by atoms with van der Waals surface area (Å²) in [7, 11) is 1.59. The molecule has 0 radical (unpaired) electrons. The van der Waals surface area contributed by atoms with Crippen LogP contribution in [0.4, 0.5) is 5.95 Å². The zero-order chi connectivity index (χ0) is 17.4. The number of piperazine rings is 1. The van der Waals surface area contributed by atoms with Crippen molar-refractivity contribution in [1.82, 2.24) is 20.0 Å². The highest BCUT2D eigenvalue weighted by Gasteiger charge is 2.31. The van der Waals surface area contributed by atoms with E-state index in [0.717, 1.165) is 24.3 Å². The molecule has 0 spiro atoms. The average molecular weight is 343 g/mol. The van der Waals surface area contributed by atoms with E-state index < -0.39 is 0 Å². The van der Waals surface area contributed by atoms with E-state index >= 15 is 0 Å². The quantitative estimate of drug-likeness (QED) is 0.834. The van der Waals surface area contributed by atoms with Crippen LogP contribution in [-0.4, -0.2) is 59.2 Å². The fourth-order valence-corrected chi connectivity index (χ4v) is 2.99. The number of hydrogen-bond acceptors (Lipinski definition) is 7. The second kappa shape index (κ2) is 6.34. The highest BCUT2D eigenvalue weighted by molar-refractivity contribution is 5.92. The Morgan fingerprint density at radius 1 is 1.20 bits per heavy atom. The monoisotopic (exact) mass is 343 g/mol. The van der Waals surface area contributed by atoms with Crippen LogP contribution < -0.4 is 9.64 Å². The van der Waals surface area contributed by atoms with Crippen molar-refractivity contribution in [1.29, 1.82) is 0 Å². The molecule has 0 aromatic carbocycles. The predicted molar refractivity (Wildman–Crippen MR) is 89.9 cm³/mol. The van der Waals surface area contributed by atoms with Gasteiger partial charge in [-0.15, -0.1) is 0 Å². The van der Waals surface area contributed by atoms with Gasteiger partial charge in [0.25, 0.3) is 5.91 Å². The number of ether oxygens (including phenoxy) is 1. The van der Waals surface area contributed by atoms with E-state index in [0.29, 0.717) is 49.6 Å². The number of rotatable bonds is 4. The Morgan fingerprint density at radius 2 is 1.96 bits per heavy atom. The van der Waals surface area contributed by atoms with Gasteiger partial charge in [0.05, 0.1) is 7.11 Å². The van der Waals surface area contributed by atoms with Crippen molar-refractivity contribution in [3.05, 3.63) is 29.3 Å². The van der Waals surface area contributed by atoms with E-state index in [-0.39, 0.29) is 5.91 Å². The van der Waals surface area contributed by atoms with Crippen LogP contribution >= 0.6 is 0 Å². The fourth-order valence-electron chi connectivity index (χ4n) is 2.99. The number of aryl methyl sites for hydroxylation is 1. The van der Waals surface area contributed by atoms with Gasteiger partial charge in [-0.05, 0) is 19.8 Å². The lowest BCUT2D eigenvalue weighted by atomic mass is 10.2. The highest BCUT2D eigenvalue weighted by atomic mass is 16.5. The van der Waals surface area contributed by atoms with E-state index in [1.165, 1.54) is 0 Å². The Bertz CT molecular complexity index is 778. The zero-order valence-electron chi connectivity index (χ0n) is 14.4. The minimum atomic E-state index is -0.0713. The van der Waals surface area contributed by atoms with Crippen molar-refractivity contribution in [3.63, 3.8) is 0 Å². The van der Waals surface area contributed by atoms with Gasteiger partial charge in [0.15, 0.2) is 5.69 Å². The summed E-state index contributed by atoms with van der Waals surface area (Å²) in [4.78, 5) is 25.3. The highest BCUT2D eigenvalue weighted by Crippen LogP contribution is 2.40. The molecule has 0 atom stereocenters. The molecule has 1 saturated heterocycles. The summed E-state index contributed by atoms with van der Waals surface area (Å²) in [5.74, 6) is 2.41. The zero-order valence-corrected chi connectivity index (χ0v) is 14.4. The Kier molecular flexibility index (Phi) is 4.03. The molecule has 1 aliphatic carbocycles. The SMILES string of the molecule is COc1cc(C)nc(N2CCN(C(=O)c3cc(C4CC4)on3)CC2)n1. The van der Waals surface area contributed by atoms with Gasteiger partial charge in [-0.3, -0.25) is 4.79 Å². The van der Waals surface area contributed by atoms with Crippen LogP contribution in [0, 0.1) is 6.92 Å². The summed E-state index contributed by atoms with van der Waals surface area (Å²) >= 11 is 0. The molecule has 1 aliphatic heterocycles. The average Bonchev–Trinajstić information content (AvgIpc) is 3.37. The second-order valence-corrected chi connectivity index (χ2v) is 6.52. The molecule has 4 rings (SSSR count). The summed E-state index contributed by atoms with van der Waals surface area (Å²) in [5, 5.41) is 3.94. The summed E-state index contributed by atoms with van der Waals surface area (Å²) < 4.78 is 10.5. The minimum absolute atomic E-state index is 0.0713. The number of carbonyl (C=O) groups excluding carboxylic acids is 1. The van der Waals surface area contributed by atoms with Crippen LogP contribution in [-0.2, 0) is 0 Å². The van der Waals surface area contributed by atoms with Gasteiger partial charge in [0.1, 0.15) is 5.76 Å². The molecule has 8 heteroatoms. The number of carbonyl (C=O) groups is 1. The topological polar surface area (TPSA) is 84.6 Å². The molecule has 0 bridgehead atoms. The lowest BCUT2D eigenvalue weighted by Gasteiger charge is -2.34. The van der Waals surface area contributed by atoms with Crippen LogP contribution in [0.5, 0.6) is 5.88 Å². The molecule has 2 fully saturated rings. The van der Waals surface area contributed by atoms with Gasteiger partial charge >= 0.3 is 0 Å². The third-order valence-corrected chi connectivity index (χ3v) is 4.60. The number of anilines is 1. The van der Waals surface area contributed by atoms with Crippen molar-refractivity contribution in [2.24, 2.45) is 0 Å². The smallest absolute Gasteiger partial charge is 0.276 e. The van der Waals surface area contributed by atoms with E-state index in [1.54, 1.807) is 24.1 Å². The molecule has 2 aromatic rings. The predicted octanol–water partition coefficient (Wildman–Crippen LogP) is 1.62. The first-order valence-corrected chi connectivity index (χ1v) is 8.54. The van der Waals surface area contributed by atoms with Gasteiger partial charge in [-0.25, -0.2) is 4.98 Å². The minimum Gasteiger partial charge on any atom is -0.481 e. The molecule has 0 unspecified atom stereocenters. The maximum Gasteiger partial charge on any atom is 0.276 e. The number of aromatic nitrogens is 3. The Balaban J connectivity index is 1.40. The number of amides is 1. The van der Waals surface area contributed by atoms with E-state index in [4.69, 9.17) is 9.26 Å². The van der Waals surface area contributed by atoms with Crippen LogP contribution in [0.3, 0.4) is 0 Å². The molecular weight excluding hydrogens is 322 g/mol. The summed E-state index contributed by atoms with van der Waals surface area (Å²) in [5.41, 5.74) is 1.26. The first kappa shape index (κ1) is 15.9. The van der Waals surface area contributed by atoms with Crippen LogP contribution in [0.25, 0.3) is 0 Å². The maximum absolute atomic E-state index is 12.6. The van der Waals surface area contributed by atoms with E-state index in [9.17, 15) is 4.79 Å². The summed E-state index contributed by atoms with van der Waals surface area (Å²) in [6.45, 7) is 4.46. The van der Waals surface area contributed by atoms with E-state index in [1.807, 2.05) is 6.92 Å². The first-order valence-electron chi connectivity index (χ1n) is 8.54. The van der Waals surface area contributed by atoms with Crippen LogP contribution in [0.1, 0.15) is 40.7 Å². The molecule has 2 aromatic heterocycles. The molecule has 132 valence electrons. The number of nitrogens with zero attached hydrogens (tertiary/aromatic N) is 5. The van der Waals surface area contributed by atoms with Crippen LogP contribution in [0.2, 0.25) is 0 Å². The standard InChI is InChI=1S/C17H21N5O3/c1-11-9-15(24-2)19-17(18-11)22-7-5-21(6-8-22)16(23)13-10-14(25-20-13)12-3-4-12/h9-10,12H,3-8H2,1-2H3. The van der Waals surface area contributed by atoms with Gasteiger partial charge in [0.2, 0.25) is 11.8 Å². The van der Waals surface area contributed by atoms with Gasteiger partial charge in [0, 0.05) is 49.9 Å². The first-order chi connectivity index (χ1) is 12.1. The second-order valence-electron chi connectivity index (χ2n) is 6.52. The molecule has 2 aliphatic rings. The Hall–Kier alpha value is -2.64. The van der Waals surface area contributed by atoms with E-state index in [2.05, 4.69) is 20.0 Å². The molecule has 1 amide bonds. The normalized spacial score (nSPS) is 17.7. The number of methoxy groups -OCH3 is 1. The molecular formula is C17H21N5O3. The van der Waals surface area contributed by atoms with Crippen molar-refractivity contribution >= 4 is 11.9 Å². The molecule has 3 heterocycles. The Morgan fingerprint density at radius 3 is 2.64 bits per heavy atom. The van der Waals surface area contributed by atoms with Crippen molar-refractivity contribution < 1.29 is 14.1 Å². The fraction of sp³-hybridized carbons (Fsp3) is 0.529. The van der Waals surface area contributed by atoms with Gasteiger partial charge in [-0.2, -0.15) is 4.98 Å². The molecule has 8 nitrogen and oxygen atoms in total. The third kappa shape index (κ3) is 3.29. The largest absolute Gasteiger partial charge is 0.481 e. The Labute approximate surface area is 145 Å². The summed E-state index contributed by atoms with van der Waals surface area (Å²) in [6.07, 6.45) is 2.25. The molecule has 25 heavy (non-hydrogen) atoms. The van der Waals surface area contributed by atoms with Crippen molar-refractivity contribution in [2.75, 3.05) is 38.2 Å². The lowest BCUT2D eigenvalue weighted by Crippen LogP contribution is -2.49. The summed E-state index contributed by atoms with van der Waals surface area (Å²) in [6, 6.07) is 3.59. The third-order valence-electron chi connectivity index (χ3n) is 4.60. The molecule has 0 N–H and O–H groups in total. The van der Waals surface area contributed by atoms with Crippen molar-refractivity contribution in [2.45, 2.75) is 25.7 Å². The number of hydrogen-bond donors (Lipinski definition) is 0.